The maximum Gasteiger partial charge on any atom is 0.321 e. The number of likely N-dealkylation sites (tertiary alicyclic amines) is 1. The van der Waals surface area contributed by atoms with E-state index >= 15 is 0 Å². The van der Waals surface area contributed by atoms with Gasteiger partial charge in [-0.25, -0.2) is 9.78 Å². The number of amides is 2. The number of benzene rings is 1. The Hall–Kier alpha value is -2.34. The van der Waals surface area contributed by atoms with Crippen LogP contribution in [-0.2, 0) is 17.9 Å². The molecule has 1 atom stereocenters. The van der Waals surface area contributed by atoms with Crippen LogP contribution in [0.3, 0.4) is 0 Å². The van der Waals surface area contributed by atoms with Gasteiger partial charge in [0.2, 0.25) is 0 Å². The molecule has 1 fully saturated rings. The number of carbonyl (C=O) groups excluding carboxylic acids is 1. The van der Waals surface area contributed by atoms with Crippen LogP contribution < -0.4 is 5.32 Å². The minimum absolute atomic E-state index is 0.0116. The third-order valence-electron chi connectivity index (χ3n) is 5.42. The molecule has 1 aromatic carbocycles. The zero-order valence-electron chi connectivity index (χ0n) is 16.8. The van der Waals surface area contributed by atoms with E-state index in [1.807, 2.05) is 29.3 Å². The highest BCUT2D eigenvalue weighted by molar-refractivity contribution is 5.89. The molecule has 3 rings (SSSR count). The second-order valence-corrected chi connectivity index (χ2v) is 7.54. The Morgan fingerprint density at radius 1 is 1.30 bits per heavy atom. The Labute approximate surface area is 161 Å². The number of aryl methyl sites for hydroxylation is 3. The van der Waals surface area contributed by atoms with Gasteiger partial charge in [-0.2, -0.15) is 0 Å². The fourth-order valence-corrected chi connectivity index (χ4v) is 3.68. The highest BCUT2D eigenvalue weighted by Gasteiger charge is 2.25. The number of hydrogen-bond donors (Lipinski definition) is 1. The summed E-state index contributed by atoms with van der Waals surface area (Å²) in [5, 5.41) is 3.05. The number of methoxy groups -OCH3 is 1. The van der Waals surface area contributed by atoms with Crippen LogP contribution in [0.5, 0.6) is 0 Å². The lowest BCUT2D eigenvalue weighted by Gasteiger charge is -2.33. The second-order valence-electron chi connectivity index (χ2n) is 7.54. The Kier molecular flexibility index (Phi) is 6.16. The molecule has 0 spiro atoms. The number of aromatic nitrogens is 2. The van der Waals surface area contributed by atoms with Gasteiger partial charge in [0, 0.05) is 44.3 Å². The number of anilines is 1. The van der Waals surface area contributed by atoms with Crippen LogP contribution in [0.4, 0.5) is 10.5 Å². The molecule has 2 aromatic rings. The van der Waals surface area contributed by atoms with E-state index in [9.17, 15) is 4.79 Å². The van der Waals surface area contributed by atoms with Crippen molar-refractivity contribution >= 4 is 11.7 Å². The minimum Gasteiger partial charge on any atom is -0.377 e. The topological polar surface area (TPSA) is 59.4 Å². The summed E-state index contributed by atoms with van der Waals surface area (Å²) in [6.45, 7) is 9.16. The van der Waals surface area contributed by atoms with Crippen LogP contribution in [0, 0.1) is 26.7 Å². The molecular weight excluding hydrogens is 340 g/mol. The van der Waals surface area contributed by atoms with Crippen LogP contribution in [0.15, 0.2) is 24.4 Å². The van der Waals surface area contributed by atoms with Crippen molar-refractivity contribution in [1.29, 1.82) is 0 Å². The van der Waals surface area contributed by atoms with Gasteiger partial charge in [0.15, 0.2) is 0 Å². The molecule has 0 bridgehead atoms. The lowest BCUT2D eigenvalue weighted by atomic mass is 9.98. The van der Waals surface area contributed by atoms with Crippen molar-refractivity contribution in [3.05, 3.63) is 47.0 Å². The van der Waals surface area contributed by atoms with E-state index in [4.69, 9.17) is 4.74 Å². The van der Waals surface area contributed by atoms with Gasteiger partial charge in [0.1, 0.15) is 12.4 Å². The Morgan fingerprint density at radius 3 is 2.85 bits per heavy atom. The molecule has 6 heteroatoms. The minimum atomic E-state index is -0.0116. The summed E-state index contributed by atoms with van der Waals surface area (Å²) in [4.78, 5) is 19.1. The molecule has 6 nitrogen and oxygen atoms in total. The molecule has 146 valence electrons. The average Bonchev–Trinajstić information content (AvgIpc) is 2.99. The fourth-order valence-electron chi connectivity index (χ4n) is 3.68. The smallest absolute Gasteiger partial charge is 0.321 e. The molecule has 0 aliphatic carbocycles. The number of rotatable bonds is 5. The lowest BCUT2D eigenvalue weighted by Crippen LogP contribution is -2.43. The first-order valence-corrected chi connectivity index (χ1v) is 9.61. The molecule has 0 radical (unpaired) electrons. The summed E-state index contributed by atoms with van der Waals surface area (Å²) in [7, 11) is 1.69. The van der Waals surface area contributed by atoms with E-state index in [0.717, 1.165) is 49.7 Å². The zero-order valence-corrected chi connectivity index (χ0v) is 16.8. The molecule has 1 aliphatic rings. The summed E-state index contributed by atoms with van der Waals surface area (Å²) in [5.74, 6) is 1.37. The zero-order chi connectivity index (χ0) is 19.4. The van der Waals surface area contributed by atoms with Crippen LogP contribution in [0.1, 0.15) is 35.5 Å². The van der Waals surface area contributed by atoms with E-state index < -0.39 is 0 Å². The maximum absolute atomic E-state index is 12.7. The van der Waals surface area contributed by atoms with E-state index in [1.165, 1.54) is 11.1 Å². The fraction of sp³-hybridized carbons (Fsp3) is 0.524. The largest absolute Gasteiger partial charge is 0.377 e. The van der Waals surface area contributed by atoms with Gasteiger partial charge < -0.3 is 19.5 Å². The number of hydrogen-bond acceptors (Lipinski definition) is 3. The summed E-state index contributed by atoms with van der Waals surface area (Å²) in [5.41, 5.74) is 4.41. The summed E-state index contributed by atoms with van der Waals surface area (Å²) in [6.07, 6.45) is 4.04. The predicted octanol–water partition coefficient (Wildman–Crippen LogP) is 3.90. The Bertz CT molecular complexity index is 799. The van der Waals surface area contributed by atoms with E-state index in [1.54, 1.807) is 7.11 Å². The van der Waals surface area contributed by atoms with Crippen LogP contribution in [-0.4, -0.2) is 40.7 Å². The van der Waals surface area contributed by atoms with E-state index in [-0.39, 0.29) is 6.03 Å². The molecule has 2 heterocycles. The van der Waals surface area contributed by atoms with Crippen LogP contribution >= 0.6 is 0 Å². The van der Waals surface area contributed by atoms with Gasteiger partial charge >= 0.3 is 6.03 Å². The van der Waals surface area contributed by atoms with Crippen LogP contribution in [0.25, 0.3) is 0 Å². The third kappa shape index (κ3) is 4.69. The highest BCUT2D eigenvalue weighted by Crippen LogP contribution is 2.22. The van der Waals surface area contributed by atoms with Gasteiger partial charge in [0.05, 0.1) is 0 Å². The van der Waals surface area contributed by atoms with Gasteiger partial charge in [-0.05, 0) is 62.8 Å². The molecule has 0 saturated carbocycles. The number of urea groups is 1. The Morgan fingerprint density at radius 2 is 2.11 bits per heavy atom. The quantitative estimate of drug-likeness (QED) is 0.868. The predicted molar refractivity (Wildman–Crippen MR) is 107 cm³/mol. The normalized spacial score (nSPS) is 17.2. The number of nitrogens with zero attached hydrogens (tertiary/aromatic N) is 3. The SMILES string of the molecule is COCc1ncc(C)n1CC1CCCN(C(=O)Nc2ccc(C)c(C)c2)C1. The van der Waals surface area contributed by atoms with Crippen molar-refractivity contribution < 1.29 is 9.53 Å². The molecule has 2 amide bonds. The highest BCUT2D eigenvalue weighted by atomic mass is 16.5. The summed E-state index contributed by atoms with van der Waals surface area (Å²) < 4.78 is 7.48. The first-order valence-electron chi connectivity index (χ1n) is 9.61. The first kappa shape index (κ1) is 19.4. The van der Waals surface area contributed by atoms with Gasteiger partial charge in [0.25, 0.3) is 0 Å². The maximum atomic E-state index is 12.7. The van der Waals surface area contributed by atoms with E-state index in [0.29, 0.717) is 12.5 Å². The molecule has 1 N–H and O–H groups in total. The third-order valence-corrected chi connectivity index (χ3v) is 5.42. The number of imidazole rings is 1. The standard InChI is InChI=1S/C21H30N4O2/c1-15-7-8-19(10-16(15)2)23-21(26)24-9-5-6-18(12-24)13-25-17(3)11-22-20(25)14-27-4/h7-8,10-11,18H,5-6,9,12-14H2,1-4H3,(H,23,26). The number of carbonyl (C=O) groups is 1. The molecule has 1 unspecified atom stereocenters. The van der Waals surface area contributed by atoms with Gasteiger partial charge in [-0.15, -0.1) is 0 Å². The molecular formula is C21H30N4O2. The first-order chi connectivity index (χ1) is 13.0. The number of ether oxygens (including phenoxy) is 1. The lowest BCUT2D eigenvalue weighted by molar-refractivity contribution is 0.159. The molecule has 27 heavy (non-hydrogen) atoms. The molecule has 1 aliphatic heterocycles. The van der Waals surface area contributed by atoms with Crippen molar-refractivity contribution in [2.75, 3.05) is 25.5 Å². The van der Waals surface area contributed by atoms with Gasteiger partial charge in [-0.3, -0.25) is 0 Å². The van der Waals surface area contributed by atoms with E-state index in [2.05, 4.69) is 35.6 Å². The summed E-state index contributed by atoms with van der Waals surface area (Å²) in [6, 6.07) is 6.03. The van der Waals surface area contributed by atoms with Crippen molar-refractivity contribution in [2.24, 2.45) is 5.92 Å². The Balaban J connectivity index is 1.62. The second kappa shape index (κ2) is 8.57. The average molecular weight is 370 g/mol. The number of piperidine rings is 1. The van der Waals surface area contributed by atoms with Crippen molar-refractivity contribution in [1.82, 2.24) is 14.5 Å². The van der Waals surface area contributed by atoms with Crippen LogP contribution in [0.2, 0.25) is 0 Å². The van der Waals surface area contributed by atoms with Crippen molar-refractivity contribution in [3.8, 4) is 0 Å². The summed E-state index contributed by atoms with van der Waals surface area (Å²) >= 11 is 0. The van der Waals surface area contributed by atoms with Crippen molar-refractivity contribution in [3.63, 3.8) is 0 Å². The number of nitrogens with one attached hydrogen (secondary N) is 1. The molecule has 1 saturated heterocycles. The monoisotopic (exact) mass is 370 g/mol. The van der Waals surface area contributed by atoms with Crippen molar-refractivity contribution in [2.45, 2.75) is 46.8 Å². The van der Waals surface area contributed by atoms with Gasteiger partial charge in [-0.1, -0.05) is 6.07 Å². The molecule has 1 aromatic heterocycles.